The van der Waals surface area contributed by atoms with Crippen molar-refractivity contribution >= 4 is 10.0 Å². The number of primary sulfonamides is 1. The molecule has 1 unspecified atom stereocenters. The predicted molar refractivity (Wildman–Crippen MR) is 115 cm³/mol. The molecule has 3 aromatic carbocycles. The molecule has 7 heteroatoms. The van der Waals surface area contributed by atoms with Crippen LogP contribution in [0.2, 0.25) is 0 Å². The Bertz CT molecular complexity index is 1220. The molecule has 0 amide bonds. The first kappa shape index (κ1) is 20.3. The van der Waals surface area contributed by atoms with Crippen LogP contribution in [-0.2, 0) is 15.8 Å². The summed E-state index contributed by atoms with van der Waals surface area (Å²) in [7, 11) is -0.424. The molecule has 0 aromatic heterocycles. The standard InChI is InChI=1S/C23H23NO5S/c1-14-9-20(28-3)22-18-8-7-15(13-30(24,25)26)11-19(18)23(29-21(22)10-14)16-5-4-6-17(12-16)27-2/h4-12,23H,13H2,1-3H3,(H2,24,25,26). The lowest BCUT2D eigenvalue weighted by Gasteiger charge is -2.31. The summed E-state index contributed by atoms with van der Waals surface area (Å²) in [5.74, 6) is 1.88. The number of hydrogen-bond acceptors (Lipinski definition) is 5. The summed E-state index contributed by atoms with van der Waals surface area (Å²) in [5, 5.41) is 5.27. The summed E-state index contributed by atoms with van der Waals surface area (Å²) in [6, 6.07) is 17.1. The Hall–Kier alpha value is -3.03. The van der Waals surface area contributed by atoms with Gasteiger partial charge in [-0.05, 0) is 47.9 Å². The number of sulfonamides is 1. The summed E-state index contributed by atoms with van der Waals surface area (Å²) >= 11 is 0. The molecule has 0 aliphatic carbocycles. The highest BCUT2D eigenvalue weighted by molar-refractivity contribution is 7.88. The number of fused-ring (bicyclic) bond motifs is 3. The third-order valence-corrected chi connectivity index (χ3v) is 5.84. The number of hydrogen-bond donors (Lipinski definition) is 1. The second-order valence-electron chi connectivity index (χ2n) is 7.34. The Kier molecular flexibility index (Phi) is 5.17. The maximum atomic E-state index is 11.7. The summed E-state index contributed by atoms with van der Waals surface area (Å²) < 4.78 is 40.7. The van der Waals surface area contributed by atoms with Crippen molar-refractivity contribution in [2.24, 2.45) is 5.14 Å². The lowest BCUT2D eigenvalue weighted by Crippen LogP contribution is -2.18. The molecule has 1 heterocycles. The van der Waals surface area contributed by atoms with E-state index in [1.165, 1.54) is 0 Å². The van der Waals surface area contributed by atoms with Gasteiger partial charge in [-0.15, -0.1) is 0 Å². The zero-order chi connectivity index (χ0) is 21.5. The fourth-order valence-electron chi connectivity index (χ4n) is 3.86. The predicted octanol–water partition coefficient (Wildman–Crippen LogP) is 3.95. The Labute approximate surface area is 176 Å². The van der Waals surface area contributed by atoms with Crippen molar-refractivity contribution in [3.05, 3.63) is 76.9 Å². The monoisotopic (exact) mass is 425 g/mol. The van der Waals surface area contributed by atoms with Gasteiger partial charge in [0.2, 0.25) is 10.0 Å². The number of aryl methyl sites for hydroxylation is 1. The van der Waals surface area contributed by atoms with Gasteiger partial charge in [-0.3, -0.25) is 0 Å². The summed E-state index contributed by atoms with van der Waals surface area (Å²) in [6.07, 6.45) is -0.436. The van der Waals surface area contributed by atoms with Crippen LogP contribution < -0.4 is 19.3 Å². The van der Waals surface area contributed by atoms with Gasteiger partial charge in [0.25, 0.3) is 0 Å². The highest BCUT2D eigenvalue weighted by Gasteiger charge is 2.30. The van der Waals surface area contributed by atoms with Crippen LogP contribution >= 0.6 is 0 Å². The second-order valence-corrected chi connectivity index (χ2v) is 8.96. The SMILES string of the molecule is COc1cccc(C2Oc3cc(C)cc(OC)c3-c3ccc(CS(N)(=O)=O)cc32)c1. The fraction of sp³-hybridized carbons (Fsp3) is 0.217. The van der Waals surface area contributed by atoms with E-state index in [-0.39, 0.29) is 5.75 Å². The van der Waals surface area contributed by atoms with Crippen molar-refractivity contribution in [3.8, 4) is 28.4 Å². The first-order chi connectivity index (χ1) is 14.3. The van der Waals surface area contributed by atoms with E-state index in [1.54, 1.807) is 20.3 Å². The summed E-state index contributed by atoms with van der Waals surface area (Å²) in [6.45, 7) is 1.98. The number of nitrogens with two attached hydrogens (primary N) is 1. The van der Waals surface area contributed by atoms with Crippen LogP contribution in [0.4, 0.5) is 0 Å². The molecular weight excluding hydrogens is 402 g/mol. The molecule has 1 aliphatic rings. The molecule has 0 spiro atoms. The summed E-state index contributed by atoms with van der Waals surface area (Å²) in [4.78, 5) is 0. The van der Waals surface area contributed by atoms with Crippen LogP contribution in [0, 0.1) is 6.92 Å². The van der Waals surface area contributed by atoms with Crippen molar-refractivity contribution in [3.63, 3.8) is 0 Å². The van der Waals surface area contributed by atoms with E-state index in [2.05, 4.69) is 0 Å². The molecule has 0 radical (unpaired) electrons. The molecule has 0 saturated heterocycles. The van der Waals surface area contributed by atoms with Gasteiger partial charge in [0.05, 0.1) is 25.5 Å². The highest BCUT2D eigenvalue weighted by Crippen LogP contribution is 2.49. The quantitative estimate of drug-likeness (QED) is 0.669. The van der Waals surface area contributed by atoms with E-state index in [1.807, 2.05) is 55.5 Å². The van der Waals surface area contributed by atoms with Crippen LogP contribution in [-0.4, -0.2) is 22.6 Å². The molecular formula is C23H23NO5S. The van der Waals surface area contributed by atoms with Gasteiger partial charge in [-0.1, -0.05) is 30.3 Å². The lowest BCUT2D eigenvalue weighted by atomic mass is 9.87. The van der Waals surface area contributed by atoms with E-state index < -0.39 is 16.1 Å². The average molecular weight is 426 g/mol. The maximum absolute atomic E-state index is 11.7. The van der Waals surface area contributed by atoms with E-state index in [0.717, 1.165) is 27.8 Å². The van der Waals surface area contributed by atoms with Crippen molar-refractivity contribution in [2.45, 2.75) is 18.8 Å². The van der Waals surface area contributed by atoms with Gasteiger partial charge in [0.15, 0.2) is 0 Å². The van der Waals surface area contributed by atoms with Crippen molar-refractivity contribution in [1.82, 2.24) is 0 Å². The average Bonchev–Trinajstić information content (AvgIpc) is 2.71. The van der Waals surface area contributed by atoms with Gasteiger partial charge in [0.1, 0.15) is 23.4 Å². The van der Waals surface area contributed by atoms with Crippen LogP contribution in [0.25, 0.3) is 11.1 Å². The third kappa shape index (κ3) is 3.86. The largest absolute Gasteiger partial charge is 0.497 e. The molecule has 1 atom stereocenters. The molecule has 156 valence electrons. The minimum Gasteiger partial charge on any atom is -0.497 e. The number of rotatable bonds is 5. The molecule has 2 N–H and O–H groups in total. The van der Waals surface area contributed by atoms with Crippen molar-refractivity contribution in [2.75, 3.05) is 14.2 Å². The lowest BCUT2D eigenvalue weighted by molar-refractivity contribution is 0.241. The Morgan fingerprint density at radius 2 is 1.83 bits per heavy atom. The van der Waals surface area contributed by atoms with Crippen LogP contribution in [0.15, 0.2) is 54.6 Å². The first-order valence-corrected chi connectivity index (χ1v) is 11.1. The molecule has 6 nitrogen and oxygen atoms in total. The van der Waals surface area contributed by atoms with E-state index in [9.17, 15) is 8.42 Å². The van der Waals surface area contributed by atoms with Gasteiger partial charge in [0, 0.05) is 11.1 Å². The maximum Gasteiger partial charge on any atom is 0.213 e. The van der Waals surface area contributed by atoms with Crippen molar-refractivity contribution < 1.29 is 22.6 Å². The van der Waals surface area contributed by atoms with Gasteiger partial charge >= 0.3 is 0 Å². The number of ether oxygens (including phenoxy) is 3. The molecule has 0 saturated carbocycles. The van der Waals surface area contributed by atoms with Gasteiger partial charge in [-0.25, -0.2) is 13.6 Å². The van der Waals surface area contributed by atoms with E-state index in [0.29, 0.717) is 22.8 Å². The minimum atomic E-state index is -3.66. The second kappa shape index (κ2) is 7.66. The molecule has 0 fully saturated rings. The molecule has 0 bridgehead atoms. The van der Waals surface area contributed by atoms with Crippen LogP contribution in [0.3, 0.4) is 0 Å². The van der Waals surface area contributed by atoms with Crippen molar-refractivity contribution in [1.29, 1.82) is 0 Å². The Morgan fingerprint density at radius 1 is 1.03 bits per heavy atom. The molecule has 30 heavy (non-hydrogen) atoms. The minimum absolute atomic E-state index is 0.247. The molecule has 4 rings (SSSR count). The highest BCUT2D eigenvalue weighted by atomic mass is 32.2. The topological polar surface area (TPSA) is 87.8 Å². The first-order valence-electron chi connectivity index (χ1n) is 9.42. The Morgan fingerprint density at radius 3 is 2.53 bits per heavy atom. The molecule has 1 aliphatic heterocycles. The normalized spacial score (nSPS) is 15.0. The summed E-state index contributed by atoms with van der Waals surface area (Å²) in [5.41, 5.74) is 5.14. The fourth-order valence-corrected chi connectivity index (χ4v) is 4.51. The van der Waals surface area contributed by atoms with Crippen LogP contribution in [0.1, 0.15) is 28.4 Å². The Balaban J connectivity index is 1.94. The number of benzene rings is 3. The molecule has 3 aromatic rings. The zero-order valence-electron chi connectivity index (χ0n) is 17.0. The smallest absolute Gasteiger partial charge is 0.213 e. The van der Waals surface area contributed by atoms with Crippen LogP contribution in [0.5, 0.6) is 17.2 Å². The van der Waals surface area contributed by atoms with Gasteiger partial charge in [-0.2, -0.15) is 0 Å². The van der Waals surface area contributed by atoms with E-state index in [4.69, 9.17) is 19.3 Å². The zero-order valence-corrected chi connectivity index (χ0v) is 17.8. The van der Waals surface area contributed by atoms with Gasteiger partial charge < -0.3 is 14.2 Å². The number of methoxy groups -OCH3 is 2. The third-order valence-electron chi connectivity index (χ3n) is 5.11. The van der Waals surface area contributed by atoms with E-state index >= 15 is 0 Å².